The van der Waals surface area contributed by atoms with Crippen molar-refractivity contribution < 1.29 is 0 Å². The van der Waals surface area contributed by atoms with Gasteiger partial charge in [0, 0.05) is 20.1 Å². The summed E-state index contributed by atoms with van der Waals surface area (Å²) in [5.74, 6) is 1.38. The summed E-state index contributed by atoms with van der Waals surface area (Å²) in [6.07, 6.45) is 5.68. The maximum absolute atomic E-state index is 4.36. The molecule has 0 amide bonds. The van der Waals surface area contributed by atoms with E-state index in [1.807, 2.05) is 11.9 Å². The number of aromatic nitrogens is 3. The van der Waals surface area contributed by atoms with Crippen LogP contribution in [0.25, 0.3) is 0 Å². The maximum Gasteiger partial charge on any atom is 0.247 e. The molecule has 0 aliphatic rings. The summed E-state index contributed by atoms with van der Waals surface area (Å²) in [5, 5.41) is 11.0. The first-order chi connectivity index (χ1) is 7.77. The lowest BCUT2D eigenvalue weighted by Crippen LogP contribution is -2.21. The number of hydrogen-bond donors (Lipinski definition) is 1. The fourth-order valence-corrected chi connectivity index (χ4v) is 1.21. The monoisotopic (exact) mass is 221 g/mol. The highest BCUT2D eigenvalue weighted by atomic mass is 15.3. The van der Waals surface area contributed by atoms with Gasteiger partial charge in [-0.05, 0) is 6.42 Å². The van der Waals surface area contributed by atoms with Gasteiger partial charge < -0.3 is 10.2 Å². The fourth-order valence-electron chi connectivity index (χ4n) is 1.21. The van der Waals surface area contributed by atoms with E-state index in [-0.39, 0.29) is 0 Å². The van der Waals surface area contributed by atoms with Crippen LogP contribution in [-0.4, -0.2) is 35.3 Å². The highest BCUT2D eigenvalue weighted by Crippen LogP contribution is 2.08. The topological polar surface area (TPSA) is 53.9 Å². The summed E-state index contributed by atoms with van der Waals surface area (Å²) < 4.78 is 0. The van der Waals surface area contributed by atoms with Crippen molar-refractivity contribution in [3.8, 4) is 0 Å². The Morgan fingerprint density at radius 1 is 1.56 bits per heavy atom. The molecule has 0 fully saturated rings. The van der Waals surface area contributed by atoms with Gasteiger partial charge in [-0.3, -0.25) is 0 Å². The molecule has 0 unspecified atom stereocenters. The molecule has 1 aromatic heterocycles. The molecule has 0 aliphatic heterocycles. The molecule has 88 valence electrons. The van der Waals surface area contributed by atoms with Gasteiger partial charge in [0.2, 0.25) is 5.95 Å². The van der Waals surface area contributed by atoms with Gasteiger partial charge in [0.05, 0.1) is 6.20 Å². The molecule has 0 saturated carbocycles. The number of unbranched alkanes of at least 4 members (excludes halogenated alkanes) is 1. The van der Waals surface area contributed by atoms with Gasteiger partial charge in [-0.1, -0.05) is 19.4 Å². The van der Waals surface area contributed by atoms with Crippen LogP contribution in [0.3, 0.4) is 0 Å². The minimum absolute atomic E-state index is 0.655. The maximum atomic E-state index is 4.36. The van der Waals surface area contributed by atoms with E-state index in [2.05, 4.69) is 34.0 Å². The van der Waals surface area contributed by atoms with E-state index in [1.54, 1.807) is 12.3 Å². The Morgan fingerprint density at radius 3 is 3.06 bits per heavy atom. The van der Waals surface area contributed by atoms with Crippen molar-refractivity contribution >= 4 is 11.8 Å². The van der Waals surface area contributed by atoms with E-state index in [4.69, 9.17) is 0 Å². The third kappa shape index (κ3) is 3.84. The van der Waals surface area contributed by atoms with Crippen LogP contribution in [0.2, 0.25) is 0 Å². The number of anilines is 2. The molecule has 16 heavy (non-hydrogen) atoms. The van der Waals surface area contributed by atoms with Gasteiger partial charge in [-0.2, -0.15) is 10.1 Å². The van der Waals surface area contributed by atoms with Crippen molar-refractivity contribution in [3.05, 3.63) is 18.9 Å². The lowest BCUT2D eigenvalue weighted by atomic mass is 10.3. The molecule has 5 nitrogen and oxygen atoms in total. The van der Waals surface area contributed by atoms with Crippen LogP contribution in [-0.2, 0) is 0 Å². The number of rotatable bonds is 7. The van der Waals surface area contributed by atoms with Crippen molar-refractivity contribution in [2.24, 2.45) is 0 Å². The lowest BCUT2D eigenvalue weighted by Gasteiger charge is -2.16. The Balaban J connectivity index is 2.61. The van der Waals surface area contributed by atoms with Crippen LogP contribution in [0.5, 0.6) is 0 Å². The molecule has 1 aromatic rings. The summed E-state index contributed by atoms with van der Waals surface area (Å²) in [6, 6.07) is 0. The highest BCUT2D eigenvalue weighted by molar-refractivity contribution is 5.38. The van der Waals surface area contributed by atoms with Crippen LogP contribution in [0.15, 0.2) is 18.9 Å². The Hall–Kier alpha value is -1.65. The lowest BCUT2D eigenvalue weighted by molar-refractivity contribution is 0.740. The fraction of sp³-hybridized carbons (Fsp3) is 0.545. The van der Waals surface area contributed by atoms with Crippen LogP contribution >= 0.6 is 0 Å². The quantitative estimate of drug-likeness (QED) is 0.710. The van der Waals surface area contributed by atoms with Crippen molar-refractivity contribution in [1.29, 1.82) is 0 Å². The Labute approximate surface area is 96.6 Å². The van der Waals surface area contributed by atoms with Gasteiger partial charge in [-0.25, -0.2) is 0 Å². The number of nitrogens with zero attached hydrogens (tertiary/aromatic N) is 4. The first-order valence-electron chi connectivity index (χ1n) is 5.53. The average Bonchev–Trinajstić information content (AvgIpc) is 2.33. The van der Waals surface area contributed by atoms with Gasteiger partial charge in [0.1, 0.15) is 0 Å². The Kier molecular flexibility index (Phi) is 5.25. The van der Waals surface area contributed by atoms with Gasteiger partial charge >= 0.3 is 0 Å². The van der Waals surface area contributed by atoms with Crippen LogP contribution in [0, 0.1) is 0 Å². The molecule has 1 N–H and O–H groups in total. The predicted molar refractivity (Wildman–Crippen MR) is 66.7 cm³/mol. The normalized spacial score (nSPS) is 9.88. The van der Waals surface area contributed by atoms with E-state index >= 15 is 0 Å². The number of nitrogens with one attached hydrogen (secondary N) is 1. The van der Waals surface area contributed by atoms with E-state index in [0.29, 0.717) is 12.5 Å². The molecule has 1 rings (SSSR count). The van der Waals surface area contributed by atoms with Crippen molar-refractivity contribution in [2.75, 3.05) is 30.4 Å². The first-order valence-corrected chi connectivity index (χ1v) is 5.53. The Bertz CT molecular complexity index is 326. The van der Waals surface area contributed by atoms with E-state index in [0.717, 1.165) is 25.2 Å². The summed E-state index contributed by atoms with van der Waals surface area (Å²) >= 11 is 0. The van der Waals surface area contributed by atoms with Crippen LogP contribution in [0.4, 0.5) is 11.8 Å². The standard InChI is InChI=1S/C11H19N5/c1-4-6-8-16(3)11-14-10(9-13-15-11)12-7-5-2/h5,9H,2,4,6-8H2,1,3H3,(H,12,14,15). The summed E-state index contributed by atoms with van der Waals surface area (Å²) in [6.45, 7) is 7.42. The van der Waals surface area contributed by atoms with E-state index in [1.165, 1.54) is 0 Å². The summed E-state index contributed by atoms with van der Waals surface area (Å²) in [5.41, 5.74) is 0. The molecule has 5 heteroatoms. The summed E-state index contributed by atoms with van der Waals surface area (Å²) in [7, 11) is 1.98. The molecule has 0 saturated heterocycles. The second-order valence-electron chi connectivity index (χ2n) is 3.59. The minimum atomic E-state index is 0.655. The van der Waals surface area contributed by atoms with Gasteiger partial charge in [-0.15, -0.1) is 11.7 Å². The van der Waals surface area contributed by atoms with Crippen molar-refractivity contribution in [3.63, 3.8) is 0 Å². The van der Waals surface area contributed by atoms with Crippen LogP contribution in [0.1, 0.15) is 19.8 Å². The molecule has 0 aromatic carbocycles. The Morgan fingerprint density at radius 2 is 2.38 bits per heavy atom. The zero-order valence-electron chi connectivity index (χ0n) is 9.98. The molecule has 0 radical (unpaired) electrons. The van der Waals surface area contributed by atoms with Crippen molar-refractivity contribution in [1.82, 2.24) is 15.2 Å². The van der Waals surface area contributed by atoms with Crippen molar-refractivity contribution in [2.45, 2.75) is 19.8 Å². The van der Waals surface area contributed by atoms with Gasteiger partial charge in [0.15, 0.2) is 5.82 Å². The second-order valence-corrected chi connectivity index (χ2v) is 3.59. The minimum Gasteiger partial charge on any atom is -0.365 e. The highest BCUT2D eigenvalue weighted by Gasteiger charge is 2.04. The van der Waals surface area contributed by atoms with E-state index in [9.17, 15) is 0 Å². The second kappa shape index (κ2) is 6.76. The zero-order chi connectivity index (χ0) is 11.8. The SMILES string of the molecule is C=CCNc1cnnc(N(C)CCCC)n1. The largest absolute Gasteiger partial charge is 0.365 e. The molecular formula is C11H19N5. The number of hydrogen-bond acceptors (Lipinski definition) is 5. The molecular weight excluding hydrogens is 202 g/mol. The molecule has 0 aliphatic carbocycles. The molecule has 1 heterocycles. The molecule has 0 bridgehead atoms. The van der Waals surface area contributed by atoms with Gasteiger partial charge in [0.25, 0.3) is 0 Å². The van der Waals surface area contributed by atoms with E-state index < -0.39 is 0 Å². The molecule has 0 atom stereocenters. The predicted octanol–water partition coefficient (Wildman–Crippen LogP) is 1.71. The average molecular weight is 221 g/mol. The first kappa shape index (κ1) is 12.4. The third-order valence-electron chi connectivity index (χ3n) is 2.16. The summed E-state index contributed by atoms with van der Waals surface area (Å²) in [4.78, 5) is 6.37. The third-order valence-corrected chi connectivity index (χ3v) is 2.16. The van der Waals surface area contributed by atoms with Crippen LogP contribution < -0.4 is 10.2 Å². The molecule has 0 spiro atoms. The zero-order valence-corrected chi connectivity index (χ0v) is 9.98. The smallest absolute Gasteiger partial charge is 0.247 e.